The van der Waals surface area contributed by atoms with Gasteiger partial charge in [0.1, 0.15) is 0 Å². The number of anilines is 1. The third kappa shape index (κ3) is 2.28. The molecule has 0 saturated heterocycles. The smallest absolute Gasteiger partial charge is 0.184 e. The summed E-state index contributed by atoms with van der Waals surface area (Å²) in [4.78, 5) is 4.04. The van der Waals surface area contributed by atoms with Gasteiger partial charge in [0.2, 0.25) is 0 Å². The van der Waals surface area contributed by atoms with E-state index in [4.69, 9.17) is 11.6 Å². The number of hydrogen-bond acceptors (Lipinski definition) is 4. The van der Waals surface area contributed by atoms with Gasteiger partial charge in [-0.1, -0.05) is 18.5 Å². The Kier molecular flexibility index (Phi) is 2.90. The topological polar surface area (TPSA) is 40.2 Å². The molecule has 1 aliphatic rings. The molecule has 0 bridgehead atoms. The molecule has 0 radical (unpaired) electrons. The van der Waals surface area contributed by atoms with Crippen molar-refractivity contribution in [2.24, 2.45) is 0 Å². The molecule has 4 nitrogen and oxygen atoms in total. The van der Waals surface area contributed by atoms with Gasteiger partial charge in [0.25, 0.3) is 0 Å². The molecule has 1 aliphatic heterocycles. The summed E-state index contributed by atoms with van der Waals surface area (Å²) >= 11 is 6.24. The van der Waals surface area contributed by atoms with Crippen molar-refractivity contribution in [1.82, 2.24) is 15.7 Å². The van der Waals surface area contributed by atoms with Crippen LogP contribution in [-0.4, -0.2) is 16.7 Å². The van der Waals surface area contributed by atoms with E-state index in [1.807, 2.05) is 36.3 Å². The number of hydrazine groups is 1. The monoisotopic (exact) mass is 224 g/mol. The molecule has 2 heterocycles. The molecule has 0 saturated carbocycles. The van der Waals surface area contributed by atoms with Gasteiger partial charge < -0.3 is 0 Å². The minimum absolute atomic E-state index is 0.690. The predicted molar refractivity (Wildman–Crippen MR) is 61.3 cm³/mol. The Balaban J connectivity index is 2.09. The van der Waals surface area contributed by atoms with Gasteiger partial charge in [0.15, 0.2) is 5.12 Å². The first-order valence-electron chi connectivity index (χ1n) is 4.84. The molecule has 15 heavy (non-hydrogen) atoms. The van der Waals surface area contributed by atoms with Gasteiger partial charge in [-0.3, -0.25) is 15.3 Å². The molecule has 2 rings (SSSR count). The van der Waals surface area contributed by atoms with Crippen LogP contribution >= 0.6 is 11.6 Å². The Morgan fingerprint density at radius 3 is 3.20 bits per heavy atom. The lowest BCUT2D eigenvalue weighted by Crippen LogP contribution is -2.52. The Labute approximate surface area is 93.9 Å². The first-order chi connectivity index (χ1) is 7.23. The van der Waals surface area contributed by atoms with Gasteiger partial charge in [0.05, 0.1) is 11.9 Å². The van der Waals surface area contributed by atoms with Gasteiger partial charge in [0, 0.05) is 12.4 Å². The van der Waals surface area contributed by atoms with Crippen molar-refractivity contribution in [2.45, 2.75) is 12.0 Å². The first kappa shape index (κ1) is 10.4. The number of nitrogens with zero attached hydrogens (tertiary/aromatic N) is 2. The quantitative estimate of drug-likeness (QED) is 0.602. The van der Waals surface area contributed by atoms with Crippen LogP contribution in [0.2, 0.25) is 0 Å². The molecular formula is C10H13ClN4. The van der Waals surface area contributed by atoms with Crippen LogP contribution in [0.5, 0.6) is 0 Å². The zero-order chi connectivity index (χ0) is 10.7. The number of aromatic nitrogens is 1. The van der Waals surface area contributed by atoms with Crippen molar-refractivity contribution in [1.29, 1.82) is 0 Å². The number of likely N-dealkylation sites (N-methyl/N-ethyl adjacent to an activating group) is 1. The van der Waals surface area contributed by atoms with Crippen molar-refractivity contribution in [3.05, 3.63) is 36.8 Å². The highest BCUT2D eigenvalue weighted by molar-refractivity contribution is 6.25. The summed E-state index contributed by atoms with van der Waals surface area (Å²) in [5.41, 5.74) is 4.07. The molecule has 5 heteroatoms. The SMILES string of the molecule is CCNC1(Cl)C=CN(c2cccnc2)N1. The summed E-state index contributed by atoms with van der Waals surface area (Å²) < 4.78 is 0. The van der Waals surface area contributed by atoms with E-state index in [9.17, 15) is 0 Å². The molecule has 0 spiro atoms. The van der Waals surface area contributed by atoms with E-state index in [-0.39, 0.29) is 0 Å². The molecule has 80 valence electrons. The molecule has 0 aliphatic carbocycles. The lowest BCUT2D eigenvalue weighted by molar-refractivity contribution is 0.481. The number of rotatable bonds is 3. The van der Waals surface area contributed by atoms with E-state index >= 15 is 0 Å². The van der Waals surface area contributed by atoms with Crippen LogP contribution in [0.1, 0.15) is 6.92 Å². The fourth-order valence-electron chi connectivity index (χ4n) is 1.43. The Morgan fingerprint density at radius 1 is 1.67 bits per heavy atom. The molecule has 0 amide bonds. The summed E-state index contributed by atoms with van der Waals surface area (Å²) in [5, 5.41) is 4.27. The maximum Gasteiger partial charge on any atom is 0.184 e. The van der Waals surface area contributed by atoms with Crippen LogP contribution in [0.15, 0.2) is 36.8 Å². The number of hydrogen-bond donors (Lipinski definition) is 2. The van der Waals surface area contributed by atoms with E-state index in [2.05, 4.69) is 15.7 Å². The van der Waals surface area contributed by atoms with Gasteiger partial charge in [-0.15, -0.1) is 0 Å². The summed E-state index contributed by atoms with van der Waals surface area (Å²) in [7, 11) is 0. The minimum Gasteiger partial charge on any atom is -0.282 e. The van der Waals surface area contributed by atoms with Crippen molar-refractivity contribution in [3.63, 3.8) is 0 Å². The maximum absolute atomic E-state index is 6.24. The second-order valence-corrected chi connectivity index (χ2v) is 3.85. The zero-order valence-corrected chi connectivity index (χ0v) is 9.20. The minimum atomic E-state index is -0.690. The molecular weight excluding hydrogens is 212 g/mol. The highest BCUT2D eigenvalue weighted by Gasteiger charge is 2.29. The standard InChI is InChI=1S/C10H13ClN4/c1-2-13-10(11)5-7-15(14-10)9-4-3-6-12-8-9/h3-8,13-14H,2H2,1H3. The molecule has 1 atom stereocenters. The second-order valence-electron chi connectivity index (χ2n) is 3.25. The maximum atomic E-state index is 6.24. The summed E-state index contributed by atoms with van der Waals surface area (Å²) in [6.45, 7) is 2.80. The molecule has 1 unspecified atom stereocenters. The fourth-order valence-corrected chi connectivity index (χ4v) is 1.71. The lowest BCUT2D eigenvalue weighted by Gasteiger charge is -2.25. The second kappa shape index (κ2) is 4.18. The molecule has 2 N–H and O–H groups in total. The van der Waals surface area contributed by atoms with Crippen molar-refractivity contribution >= 4 is 17.3 Å². The normalized spacial score (nSPS) is 24.8. The van der Waals surface area contributed by atoms with Gasteiger partial charge in [-0.2, -0.15) is 5.43 Å². The molecule has 0 aromatic carbocycles. The van der Waals surface area contributed by atoms with E-state index < -0.39 is 5.12 Å². The molecule has 0 fully saturated rings. The van der Waals surface area contributed by atoms with Crippen LogP contribution in [-0.2, 0) is 0 Å². The Morgan fingerprint density at radius 2 is 2.53 bits per heavy atom. The van der Waals surface area contributed by atoms with Gasteiger partial charge >= 0.3 is 0 Å². The largest absolute Gasteiger partial charge is 0.282 e. The molecule has 1 aromatic heterocycles. The fraction of sp³-hybridized carbons (Fsp3) is 0.300. The predicted octanol–water partition coefficient (Wildman–Crippen LogP) is 1.42. The third-order valence-corrected chi connectivity index (χ3v) is 2.44. The van der Waals surface area contributed by atoms with Crippen molar-refractivity contribution in [3.8, 4) is 0 Å². The average Bonchev–Trinajstić information content (AvgIpc) is 2.63. The molecule has 1 aromatic rings. The average molecular weight is 225 g/mol. The van der Waals surface area contributed by atoms with Crippen LogP contribution < -0.4 is 15.8 Å². The van der Waals surface area contributed by atoms with Crippen molar-refractivity contribution < 1.29 is 0 Å². The summed E-state index contributed by atoms with van der Waals surface area (Å²) in [6, 6.07) is 3.84. The van der Waals surface area contributed by atoms with Crippen LogP contribution in [0.25, 0.3) is 0 Å². The van der Waals surface area contributed by atoms with E-state index in [0.29, 0.717) is 0 Å². The number of nitrogens with one attached hydrogen (secondary N) is 2. The lowest BCUT2D eigenvalue weighted by atomic mass is 10.4. The first-order valence-corrected chi connectivity index (χ1v) is 5.22. The van der Waals surface area contributed by atoms with Crippen LogP contribution in [0.4, 0.5) is 5.69 Å². The van der Waals surface area contributed by atoms with E-state index in [0.717, 1.165) is 12.2 Å². The third-order valence-electron chi connectivity index (χ3n) is 2.09. The highest BCUT2D eigenvalue weighted by Crippen LogP contribution is 2.21. The Bertz CT molecular complexity index is 354. The van der Waals surface area contributed by atoms with Crippen LogP contribution in [0, 0.1) is 0 Å². The summed E-state index contributed by atoms with van der Waals surface area (Å²) in [5.74, 6) is 0. The van der Waals surface area contributed by atoms with Gasteiger partial charge in [-0.25, -0.2) is 0 Å². The van der Waals surface area contributed by atoms with Crippen LogP contribution in [0.3, 0.4) is 0 Å². The van der Waals surface area contributed by atoms with E-state index in [1.165, 1.54) is 0 Å². The van der Waals surface area contributed by atoms with E-state index in [1.54, 1.807) is 12.4 Å². The van der Waals surface area contributed by atoms with Crippen molar-refractivity contribution in [2.75, 3.05) is 11.6 Å². The number of pyridine rings is 1. The summed E-state index contributed by atoms with van der Waals surface area (Å²) in [6.07, 6.45) is 7.26. The van der Waals surface area contributed by atoms with Gasteiger partial charge in [-0.05, 0) is 24.8 Å². The number of alkyl halides is 1. The highest BCUT2D eigenvalue weighted by atomic mass is 35.5. The zero-order valence-electron chi connectivity index (χ0n) is 8.44. The number of halogens is 1. The Hall–Kier alpha value is -1.10.